The fourth-order valence-corrected chi connectivity index (χ4v) is 3.86. The van der Waals surface area contributed by atoms with E-state index in [9.17, 15) is 21.6 Å². The number of ether oxygens (including phenoxy) is 1. The van der Waals surface area contributed by atoms with Gasteiger partial charge in [-0.15, -0.1) is 13.2 Å². The average molecular weight is 338 g/mol. The highest BCUT2D eigenvalue weighted by molar-refractivity contribution is 7.89. The molecule has 1 aliphatic rings. The molecule has 22 heavy (non-hydrogen) atoms. The number of benzene rings is 1. The summed E-state index contributed by atoms with van der Waals surface area (Å²) in [5.41, 5.74) is 5.61. The van der Waals surface area contributed by atoms with Crippen LogP contribution in [0.5, 0.6) is 5.75 Å². The van der Waals surface area contributed by atoms with Crippen molar-refractivity contribution in [3.63, 3.8) is 0 Å². The Morgan fingerprint density at radius 3 is 2.45 bits per heavy atom. The van der Waals surface area contributed by atoms with Crippen molar-refractivity contribution < 1.29 is 26.3 Å². The van der Waals surface area contributed by atoms with Crippen LogP contribution in [0.3, 0.4) is 0 Å². The summed E-state index contributed by atoms with van der Waals surface area (Å²) < 4.78 is 67.3. The van der Waals surface area contributed by atoms with E-state index >= 15 is 0 Å². The maximum absolute atomic E-state index is 12.6. The molecule has 0 heterocycles. The van der Waals surface area contributed by atoms with Gasteiger partial charge in [-0.1, -0.05) is 12.1 Å². The van der Waals surface area contributed by atoms with Crippen molar-refractivity contribution in [3.05, 3.63) is 24.3 Å². The van der Waals surface area contributed by atoms with Gasteiger partial charge in [-0.05, 0) is 30.9 Å². The summed E-state index contributed by atoms with van der Waals surface area (Å²) in [4.78, 5) is -0.520. The van der Waals surface area contributed by atoms with E-state index in [4.69, 9.17) is 5.73 Å². The first kappa shape index (κ1) is 17.0. The highest BCUT2D eigenvalue weighted by Gasteiger charge is 2.40. The molecule has 0 aliphatic heterocycles. The minimum atomic E-state index is -4.96. The monoisotopic (exact) mass is 338 g/mol. The molecule has 1 fully saturated rings. The van der Waals surface area contributed by atoms with E-state index in [1.165, 1.54) is 19.2 Å². The number of rotatable bonds is 6. The molecule has 0 amide bonds. The number of halogens is 3. The van der Waals surface area contributed by atoms with Crippen molar-refractivity contribution in [1.29, 1.82) is 0 Å². The van der Waals surface area contributed by atoms with Gasteiger partial charge in [0.2, 0.25) is 10.0 Å². The van der Waals surface area contributed by atoms with E-state index < -0.39 is 33.1 Å². The Hall–Kier alpha value is -1.32. The van der Waals surface area contributed by atoms with Gasteiger partial charge in [0.1, 0.15) is 10.6 Å². The number of para-hydroxylation sites is 1. The average Bonchev–Trinajstić information content (AvgIpc) is 3.22. The van der Waals surface area contributed by atoms with Crippen molar-refractivity contribution >= 4 is 10.0 Å². The third-order valence-electron chi connectivity index (χ3n) is 3.61. The van der Waals surface area contributed by atoms with Crippen molar-refractivity contribution in [2.75, 3.05) is 13.6 Å². The van der Waals surface area contributed by atoms with E-state index in [0.29, 0.717) is 0 Å². The molecule has 2 rings (SSSR count). The Balaban J connectivity index is 2.36. The predicted octanol–water partition coefficient (Wildman–Crippen LogP) is 1.94. The first-order chi connectivity index (χ1) is 10.2. The van der Waals surface area contributed by atoms with Gasteiger partial charge in [-0.3, -0.25) is 0 Å². The van der Waals surface area contributed by atoms with Crippen LogP contribution in [0.4, 0.5) is 13.2 Å². The zero-order chi connectivity index (χ0) is 16.5. The van der Waals surface area contributed by atoms with Crippen molar-refractivity contribution in [3.8, 4) is 5.75 Å². The largest absolute Gasteiger partial charge is 0.573 e. The van der Waals surface area contributed by atoms with Crippen molar-refractivity contribution in [2.45, 2.75) is 30.1 Å². The molecule has 0 bridgehead atoms. The van der Waals surface area contributed by atoms with Crippen LogP contribution in [0.1, 0.15) is 12.8 Å². The predicted molar refractivity (Wildman–Crippen MR) is 73.6 cm³/mol. The number of hydrogen-bond donors (Lipinski definition) is 1. The zero-order valence-electron chi connectivity index (χ0n) is 11.9. The molecule has 0 aromatic heterocycles. The van der Waals surface area contributed by atoms with Crippen LogP contribution in [0.15, 0.2) is 29.2 Å². The van der Waals surface area contributed by atoms with Crippen LogP contribution in [-0.2, 0) is 10.0 Å². The molecular weight excluding hydrogens is 321 g/mol. The molecule has 1 unspecified atom stereocenters. The molecule has 1 aliphatic carbocycles. The topological polar surface area (TPSA) is 72.6 Å². The van der Waals surface area contributed by atoms with Gasteiger partial charge >= 0.3 is 6.36 Å². The van der Waals surface area contributed by atoms with E-state index in [2.05, 4.69) is 4.74 Å². The Morgan fingerprint density at radius 1 is 1.36 bits per heavy atom. The second kappa shape index (κ2) is 6.05. The minimum absolute atomic E-state index is 0.114. The number of alkyl halides is 3. The highest BCUT2D eigenvalue weighted by atomic mass is 32.2. The van der Waals surface area contributed by atoms with Gasteiger partial charge in [0, 0.05) is 19.6 Å². The summed E-state index contributed by atoms with van der Waals surface area (Å²) in [6.07, 6.45) is -3.24. The minimum Gasteiger partial charge on any atom is -0.404 e. The molecule has 0 saturated heterocycles. The van der Waals surface area contributed by atoms with E-state index in [1.54, 1.807) is 0 Å². The van der Waals surface area contributed by atoms with Gasteiger partial charge in [0.15, 0.2) is 0 Å². The molecule has 0 radical (unpaired) electrons. The fourth-order valence-electron chi connectivity index (χ4n) is 2.32. The molecular formula is C13H17F3N2O3S. The van der Waals surface area contributed by atoms with Gasteiger partial charge in [-0.2, -0.15) is 4.31 Å². The first-order valence-corrected chi connectivity index (χ1v) is 8.13. The van der Waals surface area contributed by atoms with E-state index in [0.717, 1.165) is 29.3 Å². The smallest absolute Gasteiger partial charge is 0.404 e. The first-order valence-electron chi connectivity index (χ1n) is 6.69. The maximum Gasteiger partial charge on any atom is 0.573 e. The summed E-state index contributed by atoms with van der Waals surface area (Å²) in [5, 5.41) is 0. The van der Waals surface area contributed by atoms with Crippen LogP contribution in [0.2, 0.25) is 0 Å². The summed E-state index contributed by atoms with van der Waals surface area (Å²) in [6.45, 7) is 0.114. The Morgan fingerprint density at radius 2 is 1.95 bits per heavy atom. The Kier molecular flexibility index (Phi) is 4.69. The summed E-state index contributed by atoms with van der Waals surface area (Å²) >= 11 is 0. The molecule has 1 aromatic rings. The number of hydrogen-bond acceptors (Lipinski definition) is 4. The Bertz CT molecular complexity index is 630. The summed E-state index contributed by atoms with van der Waals surface area (Å²) in [6, 6.07) is 4.26. The maximum atomic E-state index is 12.6. The number of sulfonamides is 1. The third kappa shape index (κ3) is 3.71. The molecule has 0 spiro atoms. The summed E-state index contributed by atoms with van der Waals surface area (Å²) in [5.74, 6) is -0.589. The fraction of sp³-hybridized carbons (Fsp3) is 0.538. The quantitative estimate of drug-likeness (QED) is 0.860. The highest BCUT2D eigenvalue weighted by Crippen LogP contribution is 2.38. The number of likely N-dealkylation sites (N-methyl/N-ethyl adjacent to an activating group) is 1. The van der Waals surface area contributed by atoms with Crippen LogP contribution in [-0.4, -0.2) is 38.7 Å². The zero-order valence-corrected chi connectivity index (χ0v) is 12.7. The van der Waals surface area contributed by atoms with Crippen molar-refractivity contribution in [1.82, 2.24) is 4.31 Å². The SMILES string of the molecule is CN(C(CN)C1CC1)S(=O)(=O)c1ccccc1OC(F)(F)F. The van der Waals surface area contributed by atoms with Gasteiger partial charge in [0.05, 0.1) is 0 Å². The van der Waals surface area contributed by atoms with Gasteiger partial charge in [-0.25, -0.2) is 8.42 Å². The Labute approximate surface area is 126 Å². The van der Waals surface area contributed by atoms with Gasteiger partial charge in [0.25, 0.3) is 0 Å². The molecule has 5 nitrogen and oxygen atoms in total. The van der Waals surface area contributed by atoms with Crippen LogP contribution in [0.25, 0.3) is 0 Å². The third-order valence-corrected chi connectivity index (χ3v) is 5.53. The number of nitrogens with zero attached hydrogens (tertiary/aromatic N) is 1. The van der Waals surface area contributed by atoms with E-state index in [-0.39, 0.29) is 12.5 Å². The molecule has 124 valence electrons. The lowest BCUT2D eigenvalue weighted by atomic mass is 10.2. The molecule has 1 atom stereocenters. The van der Waals surface area contributed by atoms with E-state index in [1.807, 2.05) is 0 Å². The second-order valence-corrected chi connectivity index (χ2v) is 7.12. The number of nitrogens with two attached hydrogens (primary N) is 1. The van der Waals surface area contributed by atoms with Crippen molar-refractivity contribution in [2.24, 2.45) is 11.7 Å². The van der Waals surface area contributed by atoms with Gasteiger partial charge < -0.3 is 10.5 Å². The lowest BCUT2D eigenvalue weighted by molar-refractivity contribution is -0.275. The lowest BCUT2D eigenvalue weighted by Crippen LogP contribution is -2.43. The molecule has 9 heteroatoms. The molecule has 1 saturated carbocycles. The molecule has 2 N–H and O–H groups in total. The van der Waals surface area contributed by atoms with Crippen LogP contribution >= 0.6 is 0 Å². The molecule has 1 aromatic carbocycles. The standard InChI is InChI=1S/C13H17F3N2O3S/c1-18(10(8-17)9-6-7-9)22(19,20)12-5-3-2-4-11(12)21-13(14,15)16/h2-5,9-10H,6-8,17H2,1H3. The van der Waals surface area contributed by atoms with Crippen LogP contribution in [0, 0.1) is 5.92 Å². The summed E-state index contributed by atoms with van der Waals surface area (Å²) in [7, 11) is -2.80. The normalized spacial score (nSPS) is 17.5. The van der Waals surface area contributed by atoms with Crippen LogP contribution < -0.4 is 10.5 Å². The second-order valence-electron chi connectivity index (χ2n) is 5.16. The lowest BCUT2D eigenvalue weighted by Gasteiger charge is -2.27.